The molecule has 1 N–H and O–H groups in total. The van der Waals surface area contributed by atoms with Crippen LogP contribution in [0.2, 0.25) is 0 Å². The summed E-state index contributed by atoms with van der Waals surface area (Å²) in [5.41, 5.74) is 1.06. The van der Waals surface area contributed by atoms with Crippen LogP contribution in [0.5, 0.6) is 0 Å². The minimum Gasteiger partial charge on any atom is -0.303 e. The highest BCUT2D eigenvalue weighted by molar-refractivity contribution is 5.19. The normalized spacial score (nSPS) is 12.1. The van der Waals surface area contributed by atoms with Gasteiger partial charge in [0.15, 0.2) is 0 Å². The number of hydrogen-bond acceptors (Lipinski definition) is 1. The lowest BCUT2D eigenvalue weighted by atomic mass is 10.1. The van der Waals surface area contributed by atoms with Gasteiger partial charge >= 0.3 is 0 Å². The highest BCUT2D eigenvalue weighted by Crippen LogP contribution is 2.05. The Morgan fingerprint density at radius 1 is 1.40 bits per heavy atom. The highest BCUT2D eigenvalue weighted by Gasteiger charge is 2.04. The van der Waals surface area contributed by atoms with Gasteiger partial charge < -0.3 is 5.32 Å². The van der Waals surface area contributed by atoms with Gasteiger partial charge in [0.05, 0.1) is 6.04 Å². The third-order valence-electron chi connectivity index (χ3n) is 2.20. The van der Waals surface area contributed by atoms with Crippen molar-refractivity contribution in [2.24, 2.45) is 0 Å². The predicted octanol–water partition coefficient (Wildman–Crippen LogP) is 2.37. The van der Waals surface area contributed by atoms with Crippen molar-refractivity contribution in [1.29, 1.82) is 0 Å². The van der Waals surface area contributed by atoms with Gasteiger partial charge in [0, 0.05) is 0 Å². The molecule has 15 heavy (non-hydrogen) atoms. The molecule has 0 aliphatic carbocycles. The fourth-order valence-corrected chi connectivity index (χ4v) is 1.36. The SMILES string of the molecule is C#CC(Cc1ccc(F)cc1)NCCC. The lowest BCUT2D eigenvalue weighted by Gasteiger charge is -2.12. The van der Waals surface area contributed by atoms with Gasteiger partial charge in [-0.1, -0.05) is 25.0 Å². The molecule has 0 saturated heterocycles. The zero-order chi connectivity index (χ0) is 11.1. The van der Waals surface area contributed by atoms with Crippen LogP contribution in [0.15, 0.2) is 24.3 Å². The maximum absolute atomic E-state index is 12.7. The highest BCUT2D eigenvalue weighted by atomic mass is 19.1. The van der Waals surface area contributed by atoms with Crippen LogP contribution in [-0.4, -0.2) is 12.6 Å². The van der Waals surface area contributed by atoms with E-state index in [1.165, 1.54) is 12.1 Å². The lowest BCUT2D eigenvalue weighted by molar-refractivity contribution is 0.595. The first kappa shape index (κ1) is 11.7. The van der Waals surface area contributed by atoms with E-state index in [-0.39, 0.29) is 11.9 Å². The Labute approximate surface area is 90.7 Å². The Kier molecular flexibility index (Phi) is 4.86. The van der Waals surface area contributed by atoms with Gasteiger partial charge in [-0.2, -0.15) is 0 Å². The van der Waals surface area contributed by atoms with E-state index in [4.69, 9.17) is 6.42 Å². The van der Waals surface area contributed by atoms with Crippen LogP contribution < -0.4 is 5.32 Å². The molecule has 0 bridgehead atoms. The first-order valence-corrected chi connectivity index (χ1v) is 5.20. The van der Waals surface area contributed by atoms with E-state index in [9.17, 15) is 4.39 Å². The summed E-state index contributed by atoms with van der Waals surface area (Å²) in [6, 6.07) is 6.50. The quantitative estimate of drug-likeness (QED) is 0.728. The second-order valence-electron chi connectivity index (χ2n) is 3.50. The van der Waals surface area contributed by atoms with Gasteiger partial charge in [-0.3, -0.25) is 0 Å². The Morgan fingerprint density at radius 3 is 2.60 bits per heavy atom. The molecule has 0 radical (unpaired) electrons. The average molecular weight is 205 g/mol. The number of terminal acetylenes is 1. The summed E-state index contributed by atoms with van der Waals surface area (Å²) in [5, 5.41) is 3.25. The van der Waals surface area contributed by atoms with Gasteiger partial charge in [0.25, 0.3) is 0 Å². The molecule has 2 heteroatoms. The summed E-state index contributed by atoms with van der Waals surface area (Å²) in [5.74, 6) is 2.48. The molecule has 0 amide bonds. The minimum atomic E-state index is -0.211. The number of halogens is 1. The Balaban J connectivity index is 2.52. The van der Waals surface area contributed by atoms with Crippen LogP contribution in [-0.2, 0) is 6.42 Å². The molecular formula is C13H16FN. The van der Waals surface area contributed by atoms with Gasteiger partial charge in [0.2, 0.25) is 0 Å². The van der Waals surface area contributed by atoms with Crippen LogP contribution in [0, 0.1) is 18.2 Å². The molecular weight excluding hydrogens is 189 g/mol. The molecule has 0 aromatic heterocycles. The summed E-state index contributed by atoms with van der Waals surface area (Å²) < 4.78 is 12.7. The average Bonchev–Trinajstić information content (AvgIpc) is 2.27. The molecule has 0 aliphatic rings. The molecule has 0 heterocycles. The topological polar surface area (TPSA) is 12.0 Å². The summed E-state index contributed by atoms with van der Waals surface area (Å²) in [4.78, 5) is 0. The fraction of sp³-hybridized carbons (Fsp3) is 0.385. The standard InChI is InChI=1S/C13H16FN/c1-3-9-15-13(4-2)10-11-5-7-12(14)8-6-11/h2,5-8,13,15H,3,9-10H2,1H3. The Bertz CT molecular complexity index is 323. The first-order chi connectivity index (χ1) is 7.26. The maximum Gasteiger partial charge on any atom is 0.123 e. The molecule has 1 aromatic rings. The number of nitrogens with one attached hydrogen (secondary N) is 1. The van der Waals surface area contributed by atoms with E-state index < -0.39 is 0 Å². The lowest BCUT2D eigenvalue weighted by Crippen LogP contribution is -2.30. The third-order valence-corrected chi connectivity index (χ3v) is 2.20. The molecule has 1 nitrogen and oxygen atoms in total. The van der Waals surface area contributed by atoms with Crippen molar-refractivity contribution >= 4 is 0 Å². The van der Waals surface area contributed by atoms with Crippen molar-refractivity contribution in [3.63, 3.8) is 0 Å². The van der Waals surface area contributed by atoms with Crippen LogP contribution in [0.25, 0.3) is 0 Å². The van der Waals surface area contributed by atoms with Crippen LogP contribution in [0.4, 0.5) is 4.39 Å². The van der Waals surface area contributed by atoms with E-state index in [1.54, 1.807) is 12.1 Å². The Morgan fingerprint density at radius 2 is 2.07 bits per heavy atom. The van der Waals surface area contributed by atoms with E-state index in [1.807, 2.05) is 0 Å². The van der Waals surface area contributed by atoms with Crippen molar-refractivity contribution in [1.82, 2.24) is 5.32 Å². The molecule has 0 aliphatic heterocycles. The summed E-state index contributed by atoms with van der Waals surface area (Å²) in [7, 11) is 0. The summed E-state index contributed by atoms with van der Waals surface area (Å²) in [6.45, 7) is 3.01. The zero-order valence-corrected chi connectivity index (χ0v) is 8.96. The van der Waals surface area contributed by atoms with Gasteiger partial charge in [-0.05, 0) is 37.1 Å². The van der Waals surface area contributed by atoms with Gasteiger partial charge in [-0.15, -0.1) is 6.42 Å². The number of hydrogen-bond donors (Lipinski definition) is 1. The van der Waals surface area contributed by atoms with Gasteiger partial charge in [0.1, 0.15) is 5.82 Å². The van der Waals surface area contributed by atoms with E-state index in [0.717, 1.165) is 24.9 Å². The zero-order valence-electron chi connectivity index (χ0n) is 8.96. The fourth-order valence-electron chi connectivity index (χ4n) is 1.36. The van der Waals surface area contributed by atoms with E-state index in [2.05, 4.69) is 18.2 Å². The Hall–Kier alpha value is -1.33. The molecule has 1 unspecified atom stereocenters. The molecule has 1 aromatic carbocycles. The number of benzene rings is 1. The second kappa shape index (κ2) is 6.21. The monoisotopic (exact) mass is 205 g/mol. The van der Waals surface area contributed by atoms with Crippen molar-refractivity contribution < 1.29 is 4.39 Å². The molecule has 1 atom stereocenters. The molecule has 0 saturated carbocycles. The van der Waals surface area contributed by atoms with Gasteiger partial charge in [-0.25, -0.2) is 4.39 Å². The first-order valence-electron chi connectivity index (χ1n) is 5.20. The van der Waals surface area contributed by atoms with E-state index in [0.29, 0.717) is 0 Å². The van der Waals surface area contributed by atoms with Crippen molar-refractivity contribution in [2.75, 3.05) is 6.54 Å². The predicted molar refractivity (Wildman–Crippen MR) is 61.0 cm³/mol. The van der Waals surface area contributed by atoms with Crippen LogP contribution in [0.1, 0.15) is 18.9 Å². The number of rotatable bonds is 5. The smallest absolute Gasteiger partial charge is 0.123 e. The van der Waals surface area contributed by atoms with E-state index >= 15 is 0 Å². The molecule has 0 fully saturated rings. The van der Waals surface area contributed by atoms with Crippen molar-refractivity contribution in [3.05, 3.63) is 35.6 Å². The van der Waals surface area contributed by atoms with Crippen molar-refractivity contribution in [3.8, 4) is 12.3 Å². The molecule has 1 rings (SSSR count). The third kappa shape index (κ3) is 4.14. The minimum absolute atomic E-state index is 0.0374. The largest absolute Gasteiger partial charge is 0.303 e. The van der Waals surface area contributed by atoms with Crippen molar-refractivity contribution in [2.45, 2.75) is 25.8 Å². The summed E-state index contributed by atoms with van der Waals surface area (Å²) >= 11 is 0. The summed E-state index contributed by atoms with van der Waals surface area (Å²) in [6.07, 6.45) is 7.21. The molecule has 0 spiro atoms. The second-order valence-corrected chi connectivity index (χ2v) is 3.50. The maximum atomic E-state index is 12.7. The molecule has 80 valence electrons. The van der Waals surface area contributed by atoms with Crippen LogP contribution >= 0.6 is 0 Å². The van der Waals surface area contributed by atoms with Crippen LogP contribution in [0.3, 0.4) is 0 Å².